The summed E-state index contributed by atoms with van der Waals surface area (Å²) >= 11 is 0. The zero-order valence-corrected chi connectivity index (χ0v) is 9.01. The van der Waals surface area contributed by atoms with Gasteiger partial charge in [-0.2, -0.15) is 5.06 Å². The topological polar surface area (TPSA) is 83.6 Å². The van der Waals surface area contributed by atoms with E-state index in [1.807, 2.05) is 6.92 Å². The fraction of sp³-hybridized carbons (Fsp3) is 0.273. The van der Waals surface area contributed by atoms with Crippen molar-refractivity contribution in [1.29, 1.82) is 0 Å². The van der Waals surface area contributed by atoms with E-state index in [-0.39, 0.29) is 12.8 Å². The van der Waals surface area contributed by atoms with Crippen LogP contribution in [0.3, 0.4) is 0 Å². The molecule has 86 valence electrons. The van der Waals surface area contributed by atoms with E-state index in [1.165, 1.54) is 0 Å². The first-order chi connectivity index (χ1) is 7.50. The smallest absolute Gasteiger partial charge is 0.251 e. The second kappa shape index (κ2) is 5.27. The fourth-order valence-corrected chi connectivity index (χ4v) is 1.17. The number of nitrogens with two attached hydrogens (primary N) is 1. The van der Waals surface area contributed by atoms with Crippen LogP contribution < -0.4 is 10.8 Å². The van der Waals surface area contributed by atoms with Gasteiger partial charge in [-0.25, -0.2) is 0 Å². The summed E-state index contributed by atoms with van der Waals surface area (Å²) in [5.41, 5.74) is 6.31. The minimum Gasteiger partial charge on any atom is -0.370 e. The number of hydrogen-bond acceptors (Lipinski definition) is 3. The largest absolute Gasteiger partial charge is 0.370 e. The van der Waals surface area contributed by atoms with Crippen molar-refractivity contribution in [2.45, 2.75) is 19.8 Å². The monoisotopic (exact) mass is 222 g/mol. The lowest BCUT2D eigenvalue weighted by atomic mass is 10.2. The van der Waals surface area contributed by atoms with Crippen LogP contribution in [0.25, 0.3) is 0 Å². The Morgan fingerprint density at radius 1 is 1.25 bits per heavy atom. The van der Waals surface area contributed by atoms with Crippen LogP contribution in [0, 0.1) is 6.92 Å². The molecule has 0 bridgehead atoms. The summed E-state index contributed by atoms with van der Waals surface area (Å²) in [6.45, 7) is 1.90. The third kappa shape index (κ3) is 3.36. The summed E-state index contributed by atoms with van der Waals surface area (Å²) < 4.78 is 0. The number of carbonyl (C=O) groups excluding carboxylic acids is 2. The van der Waals surface area contributed by atoms with E-state index < -0.39 is 11.8 Å². The Bertz CT molecular complexity index is 387. The van der Waals surface area contributed by atoms with Crippen LogP contribution in [0.4, 0.5) is 5.69 Å². The molecule has 0 unspecified atom stereocenters. The summed E-state index contributed by atoms with van der Waals surface area (Å²) in [6, 6.07) is 6.80. The van der Waals surface area contributed by atoms with Gasteiger partial charge in [0.05, 0.1) is 5.69 Å². The van der Waals surface area contributed by atoms with Crippen LogP contribution in [0.5, 0.6) is 0 Å². The number of aryl methyl sites for hydroxylation is 1. The lowest BCUT2D eigenvalue weighted by Gasteiger charge is -2.14. The molecule has 1 aromatic rings. The van der Waals surface area contributed by atoms with Gasteiger partial charge in [0.15, 0.2) is 0 Å². The average Bonchev–Trinajstić information content (AvgIpc) is 2.26. The van der Waals surface area contributed by atoms with Crippen LogP contribution in [-0.2, 0) is 9.59 Å². The van der Waals surface area contributed by atoms with Gasteiger partial charge in [0.1, 0.15) is 0 Å². The van der Waals surface area contributed by atoms with Gasteiger partial charge in [-0.3, -0.25) is 14.8 Å². The summed E-state index contributed by atoms with van der Waals surface area (Å²) in [4.78, 5) is 21.9. The molecule has 16 heavy (non-hydrogen) atoms. The lowest BCUT2D eigenvalue weighted by Crippen LogP contribution is -2.28. The van der Waals surface area contributed by atoms with Crippen molar-refractivity contribution < 1.29 is 14.8 Å². The van der Waals surface area contributed by atoms with Gasteiger partial charge >= 0.3 is 0 Å². The number of primary amides is 1. The molecule has 0 fully saturated rings. The normalized spacial score (nSPS) is 9.88. The zero-order chi connectivity index (χ0) is 12.1. The Labute approximate surface area is 93.4 Å². The van der Waals surface area contributed by atoms with Gasteiger partial charge in [-0.05, 0) is 19.1 Å². The van der Waals surface area contributed by atoms with E-state index in [2.05, 4.69) is 0 Å². The van der Waals surface area contributed by atoms with Crippen molar-refractivity contribution in [2.24, 2.45) is 5.73 Å². The minimum atomic E-state index is -0.564. The van der Waals surface area contributed by atoms with Crippen molar-refractivity contribution in [3.05, 3.63) is 29.8 Å². The van der Waals surface area contributed by atoms with Crippen molar-refractivity contribution in [2.75, 3.05) is 5.06 Å². The number of amides is 2. The highest BCUT2D eigenvalue weighted by Crippen LogP contribution is 2.14. The number of hydrogen-bond donors (Lipinski definition) is 2. The molecule has 3 N–H and O–H groups in total. The van der Waals surface area contributed by atoms with Gasteiger partial charge in [-0.15, -0.1) is 0 Å². The van der Waals surface area contributed by atoms with Crippen molar-refractivity contribution >= 4 is 17.5 Å². The molecule has 0 aliphatic carbocycles. The van der Waals surface area contributed by atoms with Gasteiger partial charge in [0, 0.05) is 12.8 Å². The number of rotatable bonds is 4. The maximum absolute atomic E-state index is 11.4. The second-order valence-corrected chi connectivity index (χ2v) is 3.51. The molecular weight excluding hydrogens is 208 g/mol. The van der Waals surface area contributed by atoms with Crippen LogP contribution in [0.15, 0.2) is 24.3 Å². The van der Waals surface area contributed by atoms with Gasteiger partial charge in [0.2, 0.25) is 5.91 Å². The minimum absolute atomic E-state index is 0.0677. The first-order valence-corrected chi connectivity index (χ1v) is 4.87. The predicted octanol–water partition coefficient (Wildman–Crippen LogP) is 0.983. The SMILES string of the molecule is Cc1ccc(N(O)C(=O)CCC(N)=O)cc1. The fourth-order valence-electron chi connectivity index (χ4n) is 1.17. The molecule has 0 atom stereocenters. The molecule has 2 amide bonds. The standard InChI is InChI=1S/C11H14N2O3/c1-8-2-4-9(5-3-8)13(16)11(15)7-6-10(12)14/h2-5,16H,6-7H2,1H3,(H2,12,14). The maximum atomic E-state index is 11.4. The molecule has 0 heterocycles. The van der Waals surface area contributed by atoms with E-state index in [0.717, 1.165) is 5.56 Å². The molecule has 0 aromatic heterocycles. The van der Waals surface area contributed by atoms with Crippen LogP contribution >= 0.6 is 0 Å². The molecule has 5 heteroatoms. The molecule has 0 aliphatic rings. The Morgan fingerprint density at radius 2 is 1.81 bits per heavy atom. The molecule has 0 aliphatic heterocycles. The first kappa shape index (κ1) is 12.2. The Balaban J connectivity index is 2.63. The molecule has 0 spiro atoms. The summed E-state index contributed by atoms with van der Waals surface area (Å²) in [6.07, 6.45) is -0.165. The maximum Gasteiger partial charge on any atom is 0.251 e. The number of hydroxylamine groups is 1. The van der Waals surface area contributed by atoms with E-state index >= 15 is 0 Å². The number of benzene rings is 1. The number of carbonyl (C=O) groups is 2. The highest BCUT2D eigenvalue weighted by Gasteiger charge is 2.13. The Morgan fingerprint density at radius 3 is 2.31 bits per heavy atom. The zero-order valence-electron chi connectivity index (χ0n) is 9.01. The number of anilines is 1. The van der Waals surface area contributed by atoms with Crippen molar-refractivity contribution in [1.82, 2.24) is 0 Å². The third-order valence-electron chi connectivity index (χ3n) is 2.10. The highest BCUT2D eigenvalue weighted by molar-refractivity contribution is 5.93. The molecular formula is C11H14N2O3. The van der Waals surface area contributed by atoms with E-state index in [4.69, 9.17) is 5.73 Å². The van der Waals surface area contributed by atoms with Crippen molar-refractivity contribution in [3.8, 4) is 0 Å². The van der Waals surface area contributed by atoms with E-state index in [1.54, 1.807) is 24.3 Å². The van der Waals surface area contributed by atoms with Crippen molar-refractivity contribution in [3.63, 3.8) is 0 Å². The third-order valence-corrected chi connectivity index (χ3v) is 2.10. The Hall–Kier alpha value is -1.88. The summed E-state index contributed by atoms with van der Waals surface area (Å²) in [5, 5.41) is 10.1. The summed E-state index contributed by atoms with van der Waals surface area (Å²) in [7, 11) is 0. The van der Waals surface area contributed by atoms with Crippen LogP contribution in [0.1, 0.15) is 18.4 Å². The predicted molar refractivity (Wildman–Crippen MR) is 58.9 cm³/mol. The molecule has 0 saturated carbocycles. The van der Waals surface area contributed by atoms with Crippen LogP contribution in [-0.4, -0.2) is 17.0 Å². The lowest BCUT2D eigenvalue weighted by molar-refractivity contribution is -0.126. The first-order valence-electron chi connectivity index (χ1n) is 4.87. The molecule has 0 saturated heterocycles. The quantitative estimate of drug-likeness (QED) is 0.588. The second-order valence-electron chi connectivity index (χ2n) is 3.51. The Kier molecular flexibility index (Phi) is 4.02. The molecule has 5 nitrogen and oxygen atoms in total. The molecule has 1 aromatic carbocycles. The highest BCUT2D eigenvalue weighted by atomic mass is 16.5. The van der Waals surface area contributed by atoms with E-state index in [9.17, 15) is 14.8 Å². The van der Waals surface area contributed by atoms with Gasteiger partial charge in [-0.1, -0.05) is 17.7 Å². The van der Waals surface area contributed by atoms with Crippen LogP contribution in [0.2, 0.25) is 0 Å². The van der Waals surface area contributed by atoms with Gasteiger partial charge in [0.25, 0.3) is 5.91 Å². The molecule has 0 radical (unpaired) electrons. The molecule has 1 rings (SSSR count). The number of nitrogens with zero attached hydrogens (tertiary/aromatic N) is 1. The van der Waals surface area contributed by atoms with Gasteiger partial charge < -0.3 is 5.73 Å². The average molecular weight is 222 g/mol. The van der Waals surface area contributed by atoms with E-state index in [0.29, 0.717) is 10.8 Å². The summed E-state index contributed by atoms with van der Waals surface area (Å²) in [5.74, 6) is -1.12.